The third kappa shape index (κ3) is 4.64. The van der Waals surface area contributed by atoms with E-state index in [2.05, 4.69) is 10.3 Å². The van der Waals surface area contributed by atoms with Crippen LogP contribution in [0.5, 0.6) is 0 Å². The van der Waals surface area contributed by atoms with E-state index in [0.717, 1.165) is 23.9 Å². The fourth-order valence-corrected chi connectivity index (χ4v) is 2.50. The number of amides is 1. The average Bonchev–Trinajstić information content (AvgIpc) is 2.47. The summed E-state index contributed by atoms with van der Waals surface area (Å²) in [5.74, 6) is -0.413. The van der Waals surface area contributed by atoms with Crippen LogP contribution in [0.4, 0.5) is 18.9 Å². The Morgan fingerprint density at radius 2 is 2.05 bits per heavy atom. The lowest BCUT2D eigenvalue weighted by molar-refractivity contribution is -0.137. The Labute approximate surface area is 133 Å². The molecule has 22 heavy (non-hydrogen) atoms. The fourth-order valence-electron chi connectivity index (χ4n) is 1.58. The molecular formula is C14H10ClF3N2OS. The van der Waals surface area contributed by atoms with E-state index in [-0.39, 0.29) is 16.8 Å². The largest absolute Gasteiger partial charge is 0.416 e. The number of thioether (sulfide) groups is 1. The van der Waals surface area contributed by atoms with Crippen molar-refractivity contribution in [1.29, 1.82) is 0 Å². The molecule has 2 rings (SSSR count). The molecule has 0 radical (unpaired) electrons. The fraction of sp³-hybridized carbons (Fsp3) is 0.143. The minimum atomic E-state index is -4.40. The maximum Gasteiger partial charge on any atom is 0.416 e. The van der Waals surface area contributed by atoms with Gasteiger partial charge in [0.05, 0.1) is 17.0 Å². The molecule has 0 aliphatic carbocycles. The van der Waals surface area contributed by atoms with Gasteiger partial charge < -0.3 is 5.32 Å². The van der Waals surface area contributed by atoms with Crippen molar-refractivity contribution < 1.29 is 18.0 Å². The first-order valence-corrected chi connectivity index (χ1v) is 7.43. The highest BCUT2D eigenvalue weighted by Gasteiger charge is 2.30. The number of alkyl halides is 3. The molecule has 0 bridgehead atoms. The Hall–Kier alpha value is -1.73. The van der Waals surface area contributed by atoms with Gasteiger partial charge in [0.15, 0.2) is 5.15 Å². The van der Waals surface area contributed by atoms with Crippen LogP contribution in [-0.2, 0) is 11.0 Å². The summed E-state index contributed by atoms with van der Waals surface area (Å²) in [6, 6.07) is 8.02. The van der Waals surface area contributed by atoms with E-state index in [0.29, 0.717) is 10.6 Å². The molecule has 0 fully saturated rings. The minimum absolute atomic E-state index is 0.0352. The predicted molar refractivity (Wildman–Crippen MR) is 80.0 cm³/mol. The van der Waals surface area contributed by atoms with Crippen LogP contribution in [0.2, 0.25) is 5.15 Å². The van der Waals surface area contributed by atoms with Gasteiger partial charge in [0.2, 0.25) is 5.91 Å². The maximum atomic E-state index is 12.6. The summed E-state index contributed by atoms with van der Waals surface area (Å²) in [6.07, 6.45) is -2.92. The van der Waals surface area contributed by atoms with Gasteiger partial charge in [0, 0.05) is 11.1 Å². The Morgan fingerprint density at radius 1 is 1.27 bits per heavy atom. The van der Waals surface area contributed by atoms with Gasteiger partial charge in [-0.3, -0.25) is 4.79 Å². The zero-order valence-electron chi connectivity index (χ0n) is 11.0. The number of carbonyl (C=O) groups excluding carboxylic acids is 1. The van der Waals surface area contributed by atoms with Crippen molar-refractivity contribution in [2.45, 2.75) is 11.1 Å². The molecule has 2 aromatic rings. The van der Waals surface area contributed by atoms with E-state index in [1.165, 1.54) is 18.3 Å². The van der Waals surface area contributed by atoms with Crippen molar-refractivity contribution in [3.8, 4) is 0 Å². The number of hydrogen-bond acceptors (Lipinski definition) is 3. The highest BCUT2D eigenvalue weighted by Crippen LogP contribution is 2.31. The molecule has 0 saturated heterocycles. The number of rotatable bonds is 4. The highest BCUT2D eigenvalue weighted by molar-refractivity contribution is 8.00. The Bertz CT molecular complexity index is 679. The molecule has 0 unspecified atom stereocenters. The Morgan fingerprint density at radius 3 is 2.73 bits per heavy atom. The summed E-state index contributed by atoms with van der Waals surface area (Å²) in [5.41, 5.74) is -0.382. The second-order valence-electron chi connectivity index (χ2n) is 4.20. The van der Waals surface area contributed by atoms with E-state index in [1.807, 2.05) is 0 Å². The molecule has 8 heteroatoms. The lowest BCUT2D eigenvalue weighted by Crippen LogP contribution is -2.14. The van der Waals surface area contributed by atoms with Crippen LogP contribution in [-0.4, -0.2) is 16.6 Å². The third-order valence-electron chi connectivity index (χ3n) is 2.56. The summed E-state index contributed by atoms with van der Waals surface area (Å²) in [5, 5.41) is 2.70. The van der Waals surface area contributed by atoms with E-state index in [4.69, 9.17) is 11.6 Å². The van der Waals surface area contributed by atoms with Gasteiger partial charge in [-0.2, -0.15) is 13.2 Å². The standard InChI is InChI=1S/C14H10ClF3N2OS/c15-13-11(5-2-6-19-13)20-12(21)8-22-10-4-1-3-9(7-10)14(16,17)18/h1-7H,8H2,(H,20,21). The molecule has 0 aliphatic rings. The summed E-state index contributed by atoms with van der Waals surface area (Å²) in [6.45, 7) is 0. The molecule has 116 valence electrons. The van der Waals surface area contributed by atoms with Gasteiger partial charge in [0.25, 0.3) is 0 Å². The van der Waals surface area contributed by atoms with Gasteiger partial charge in [-0.1, -0.05) is 17.7 Å². The van der Waals surface area contributed by atoms with Crippen LogP contribution in [0.1, 0.15) is 5.56 Å². The summed E-state index contributed by atoms with van der Waals surface area (Å²) >= 11 is 6.81. The molecular weight excluding hydrogens is 337 g/mol. The minimum Gasteiger partial charge on any atom is -0.323 e. The van der Waals surface area contributed by atoms with Crippen LogP contribution >= 0.6 is 23.4 Å². The number of halogens is 4. The molecule has 1 heterocycles. The number of carbonyl (C=O) groups is 1. The summed E-state index contributed by atoms with van der Waals surface area (Å²) in [4.78, 5) is 16.0. The Balaban J connectivity index is 1.96. The Kier molecular flexibility index (Phi) is 5.31. The van der Waals surface area contributed by atoms with Crippen molar-refractivity contribution in [2.75, 3.05) is 11.1 Å². The second kappa shape index (κ2) is 7.02. The quantitative estimate of drug-likeness (QED) is 0.655. The lowest BCUT2D eigenvalue weighted by Gasteiger charge is -2.09. The molecule has 1 aromatic carbocycles. The SMILES string of the molecule is O=C(CSc1cccc(C(F)(F)F)c1)Nc1cccnc1Cl. The first-order valence-electron chi connectivity index (χ1n) is 6.06. The van der Waals surface area contributed by atoms with Crippen molar-refractivity contribution >= 4 is 35.0 Å². The zero-order chi connectivity index (χ0) is 16.2. The third-order valence-corrected chi connectivity index (χ3v) is 3.86. The van der Waals surface area contributed by atoms with E-state index >= 15 is 0 Å². The number of nitrogens with one attached hydrogen (secondary N) is 1. The molecule has 1 aromatic heterocycles. The highest BCUT2D eigenvalue weighted by atomic mass is 35.5. The van der Waals surface area contributed by atoms with Gasteiger partial charge >= 0.3 is 6.18 Å². The monoisotopic (exact) mass is 346 g/mol. The van der Waals surface area contributed by atoms with Gasteiger partial charge in [0.1, 0.15) is 0 Å². The molecule has 3 nitrogen and oxygen atoms in total. The number of benzene rings is 1. The number of aromatic nitrogens is 1. The predicted octanol–water partition coefficient (Wildman–Crippen LogP) is 4.48. The van der Waals surface area contributed by atoms with Crippen LogP contribution in [0.3, 0.4) is 0 Å². The first kappa shape index (κ1) is 16.6. The van der Waals surface area contributed by atoms with Crippen LogP contribution in [0, 0.1) is 0 Å². The molecule has 1 N–H and O–H groups in total. The number of anilines is 1. The van der Waals surface area contributed by atoms with Crippen molar-refractivity contribution in [1.82, 2.24) is 4.98 Å². The molecule has 0 aliphatic heterocycles. The number of hydrogen-bond donors (Lipinski definition) is 1. The molecule has 0 spiro atoms. The number of nitrogens with zero attached hydrogens (tertiary/aromatic N) is 1. The summed E-state index contributed by atoms with van der Waals surface area (Å²) in [7, 11) is 0. The van der Waals surface area contributed by atoms with Crippen molar-refractivity contribution in [2.24, 2.45) is 0 Å². The molecule has 0 atom stereocenters. The van der Waals surface area contributed by atoms with Crippen molar-refractivity contribution in [3.05, 3.63) is 53.3 Å². The van der Waals surface area contributed by atoms with E-state index in [9.17, 15) is 18.0 Å². The first-order chi connectivity index (χ1) is 10.4. The average molecular weight is 347 g/mol. The van der Waals surface area contributed by atoms with Crippen LogP contribution in [0.25, 0.3) is 0 Å². The van der Waals surface area contributed by atoms with Crippen molar-refractivity contribution in [3.63, 3.8) is 0 Å². The molecule has 0 saturated carbocycles. The van der Waals surface area contributed by atoms with Crippen LogP contribution in [0.15, 0.2) is 47.5 Å². The molecule has 1 amide bonds. The normalized spacial score (nSPS) is 11.3. The second-order valence-corrected chi connectivity index (χ2v) is 5.61. The summed E-state index contributed by atoms with van der Waals surface area (Å²) < 4.78 is 37.8. The van der Waals surface area contributed by atoms with Gasteiger partial charge in [-0.25, -0.2) is 4.98 Å². The van der Waals surface area contributed by atoms with E-state index in [1.54, 1.807) is 12.1 Å². The maximum absolute atomic E-state index is 12.6. The lowest BCUT2D eigenvalue weighted by atomic mass is 10.2. The zero-order valence-corrected chi connectivity index (χ0v) is 12.6. The number of pyridine rings is 1. The van der Waals surface area contributed by atoms with Gasteiger partial charge in [-0.15, -0.1) is 11.8 Å². The topological polar surface area (TPSA) is 42.0 Å². The van der Waals surface area contributed by atoms with Crippen LogP contribution < -0.4 is 5.32 Å². The smallest absolute Gasteiger partial charge is 0.323 e. The van der Waals surface area contributed by atoms with E-state index < -0.39 is 11.7 Å². The van der Waals surface area contributed by atoms with Gasteiger partial charge in [-0.05, 0) is 30.3 Å².